The maximum absolute atomic E-state index is 13.7. The summed E-state index contributed by atoms with van der Waals surface area (Å²) in [6.07, 6.45) is 2.20. The van der Waals surface area contributed by atoms with Gasteiger partial charge < -0.3 is 10.6 Å². The van der Waals surface area contributed by atoms with Gasteiger partial charge in [-0.2, -0.15) is 0 Å². The van der Waals surface area contributed by atoms with Crippen LogP contribution in [-0.2, 0) is 0 Å². The van der Waals surface area contributed by atoms with E-state index in [4.69, 9.17) is 5.73 Å². The Balaban J connectivity index is 2.47. The summed E-state index contributed by atoms with van der Waals surface area (Å²) in [6.45, 7) is 0.310. The maximum Gasteiger partial charge on any atom is 0.200 e. The maximum atomic E-state index is 13.7. The van der Waals surface area contributed by atoms with Gasteiger partial charge in [-0.3, -0.25) is 0 Å². The minimum Gasteiger partial charge on any atom is -0.366 e. The van der Waals surface area contributed by atoms with E-state index in [9.17, 15) is 22.0 Å². The zero-order valence-electron chi connectivity index (χ0n) is 10.9. The van der Waals surface area contributed by atoms with Crippen molar-refractivity contribution in [3.63, 3.8) is 0 Å². The molecule has 1 aliphatic carbocycles. The second-order valence-electron chi connectivity index (χ2n) is 5.02. The highest BCUT2D eigenvalue weighted by Crippen LogP contribution is 2.36. The van der Waals surface area contributed by atoms with E-state index in [-0.39, 0.29) is 12.0 Å². The summed E-state index contributed by atoms with van der Waals surface area (Å²) in [7, 11) is 1.33. The van der Waals surface area contributed by atoms with Crippen molar-refractivity contribution in [2.45, 2.75) is 25.3 Å². The van der Waals surface area contributed by atoms with Crippen LogP contribution < -0.4 is 10.6 Å². The Morgan fingerprint density at radius 1 is 0.950 bits per heavy atom. The van der Waals surface area contributed by atoms with Crippen molar-refractivity contribution in [3.05, 3.63) is 29.1 Å². The molecule has 0 aliphatic heterocycles. The highest BCUT2D eigenvalue weighted by molar-refractivity contribution is 5.51. The first-order chi connectivity index (χ1) is 9.40. The van der Waals surface area contributed by atoms with Crippen molar-refractivity contribution in [1.82, 2.24) is 0 Å². The van der Waals surface area contributed by atoms with Crippen LogP contribution in [-0.4, -0.2) is 19.6 Å². The van der Waals surface area contributed by atoms with Crippen LogP contribution in [0.3, 0.4) is 0 Å². The smallest absolute Gasteiger partial charge is 0.200 e. The van der Waals surface area contributed by atoms with Gasteiger partial charge in [0.2, 0.25) is 5.82 Å². The molecule has 112 valence electrons. The molecular weight excluding hydrogens is 279 g/mol. The summed E-state index contributed by atoms with van der Waals surface area (Å²) in [4.78, 5) is 1.13. The molecule has 0 bridgehead atoms. The lowest BCUT2D eigenvalue weighted by molar-refractivity contribution is 0.373. The third kappa shape index (κ3) is 2.24. The minimum atomic E-state index is -2.14. The predicted octanol–water partition coefficient (Wildman–Crippen LogP) is 2.95. The molecular formula is C13H15F5N2. The molecule has 0 spiro atoms. The third-order valence-electron chi connectivity index (χ3n) is 3.96. The SMILES string of the molecule is CN(c1c(F)c(F)c(F)c(F)c1F)C1CCCC1CN. The van der Waals surface area contributed by atoms with Crippen LogP contribution in [0.25, 0.3) is 0 Å². The van der Waals surface area contributed by atoms with E-state index >= 15 is 0 Å². The van der Waals surface area contributed by atoms with Gasteiger partial charge in [-0.05, 0) is 25.3 Å². The van der Waals surface area contributed by atoms with E-state index in [2.05, 4.69) is 0 Å². The molecule has 20 heavy (non-hydrogen) atoms. The standard InChI is InChI=1S/C13H15F5N2/c1-20(7-4-2-3-6(7)5-19)13-11(17)9(15)8(14)10(16)12(13)18/h6-7H,2-5,19H2,1H3. The fourth-order valence-electron chi connectivity index (χ4n) is 2.87. The van der Waals surface area contributed by atoms with Crippen LogP contribution in [0.1, 0.15) is 19.3 Å². The number of hydrogen-bond donors (Lipinski definition) is 1. The number of halogens is 5. The number of nitrogens with two attached hydrogens (primary N) is 1. The van der Waals surface area contributed by atoms with Gasteiger partial charge in [0, 0.05) is 13.1 Å². The summed E-state index contributed by atoms with van der Waals surface area (Å²) < 4.78 is 66.9. The van der Waals surface area contributed by atoms with E-state index in [1.807, 2.05) is 0 Å². The van der Waals surface area contributed by atoms with Crippen molar-refractivity contribution in [2.24, 2.45) is 11.7 Å². The molecule has 0 amide bonds. The van der Waals surface area contributed by atoms with Crippen LogP contribution >= 0.6 is 0 Å². The molecule has 1 fully saturated rings. The van der Waals surface area contributed by atoms with Crippen molar-refractivity contribution in [2.75, 3.05) is 18.5 Å². The Morgan fingerprint density at radius 2 is 1.45 bits per heavy atom. The van der Waals surface area contributed by atoms with Crippen molar-refractivity contribution < 1.29 is 22.0 Å². The third-order valence-corrected chi connectivity index (χ3v) is 3.96. The average Bonchev–Trinajstić information content (AvgIpc) is 2.91. The fourth-order valence-corrected chi connectivity index (χ4v) is 2.87. The van der Waals surface area contributed by atoms with Gasteiger partial charge in [-0.15, -0.1) is 0 Å². The highest BCUT2D eigenvalue weighted by atomic mass is 19.2. The van der Waals surface area contributed by atoms with E-state index < -0.39 is 34.8 Å². The molecule has 0 heterocycles. The van der Waals surface area contributed by atoms with Crippen molar-refractivity contribution >= 4 is 5.69 Å². The zero-order chi connectivity index (χ0) is 15.0. The van der Waals surface area contributed by atoms with Crippen molar-refractivity contribution in [3.8, 4) is 0 Å². The van der Waals surface area contributed by atoms with Gasteiger partial charge in [-0.25, -0.2) is 22.0 Å². The molecule has 2 rings (SSSR count). The van der Waals surface area contributed by atoms with Gasteiger partial charge >= 0.3 is 0 Å². The van der Waals surface area contributed by atoms with E-state index in [1.165, 1.54) is 7.05 Å². The molecule has 0 aromatic heterocycles. The second-order valence-corrected chi connectivity index (χ2v) is 5.02. The van der Waals surface area contributed by atoms with E-state index in [0.717, 1.165) is 17.7 Å². The quantitative estimate of drug-likeness (QED) is 0.527. The Labute approximate surface area is 113 Å². The summed E-state index contributed by atoms with van der Waals surface area (Å²) in [5.74, 6) is -9.60. The number of nitrogens with zero attached hydrogens (tertiary/aromatic N) is 1. The lowest BCUT2D eigenvalue weighted by Gasteiger charge is -2.31. The first-order valence-electron chi connectivity index (χ1n) is 6.34. The molecule has 0 saturated heterocycles. The van der Waals surface area contributed by atoms with E-state index in [0.29, 0.717) is 13.0 Å². The number of benzene rings is 1. The molecule has 2 nitrogen and oxygen atoms in total. The Hall–Kier alpha value is -1.37. The van der Waals surface area contributed by atoms with Crippen LogP contribution in [0.2, 0.25) is 0 Å². The summed E-state index contributed by atoms with van der Waals surface area (Å²) in [5, 5.41) is 0. The van der Waals surface area contributed by atoms with Gasteiger partial charge in [0.1, 0.15) is 5.69 Å². The zero-order valence-corrected chi connectivity index (χ0v) is 10.9. The molecule has 2 atom stereocenters. The molecule has 1 aromatic carbocycles. The van der Waals surface area contributed by atoms with Gasteiger partial charge in [0.05, 0.1) is 0 Å². The molecule has 1 saturated carbocycles. The Bertz CT molecular complexity index is 491. The monoisotopic (exact) mass is 294 g/mol. The largest absolute Gasteiger partial charge is 0.366 e. The van der Waals surface area contributed by atoms with Crippen LogP contribution in [0.5, 0.6) is 0 Å². The van der Waals surface area contributed by atoms with Gasteiger partial charge in [0.25, 0.3) is 0 Å². The highest BCUT2D eigenvalue weighted by Gasteiger charge is 2.35. The number of anilines is 1. The van der Waals surface area contributed by atoms with Crippen LogP contribution in [0.15, 0.2) is 0 Å². The average molecular weight is 294 g/mol. The minimum absolute atomic E-state index is 0.0185. The fraction of sp³-hybridized carbons (Fsp3) is 0.538. The predicted molar refractivity (Wildman–Crippen MR) is 64.8 cm³/mol. The first-order valence-corrected chi connectivity index (χ1v) is 6.34. The Kier molecular flexibility index (Phi) is 4.17. The second kappa shape index (κ2) is 5.55. The molecule has 1 aromatic rings. The van der Waals surface area contributed by atoms with Crippen molar-refractivity contribution in [1.29, 1.82) is 0 Å². The topological polar surface area (TPSA) is 29.3 Å². The van der Waals surface area contributed by atoms with Gasteiger partial charge in [-0.1, -0.05) is 6.42 Å². The van der Waals surface area contributed by atoms with Crippen LogP contribution in [0, 0.1) is 35.0 Å². The molecule has 0 radical (unpaired) electrons. The number of hydrogen-bond acceptors (Lipinski definition) is 2. The van der Waals surface area contributed by atoms with Crippen LogP contribution in [0.4, 0.5) is 27.6 Å². The molecule has 7 heteroatoms. The summed E-state index contributed by atoms with van der Waals surface area (Å²) in [5.41, 5.74) is 4.70. The lowest BCUT2D eigenvalue weighted by Crippen LogP contribution is -2.39. The normalized spacial score (nSPS) is 22.4. The summed E-state index contributed by atoms with van der Waals surface area (Å²) in [6, 6.07) is -0.326. The molecule has 2 N–H and O–H groups in total. The summed E-state index contributed by atoms with van der Waals surface area (Å²) >= 11 is 0. The Morgan fingerprint density at radius 3 is 1.95 bits per heavy atom. The number of rotatable bonds is 3. The lowest BCUT2D eigenvalue weighted by atomic mass is 10.0. The first kappa shape index (κ1) is 15.0. The van der Waals surface area contributed by atoms with Gasteiger partial charge in [0.15, 0.2) is 23.3 Å². The molecule has 2 unspecified atom stereocenters. The molecule has 1 aliphatic rings. The van der Waals surface area contributed by atoms with E-state index in [1.54, 1.807) is 0 Å².